The van der Waals surface area contributed by atoms with Crippen LogP contribution >= 0.6 is 27.3 Å². The number of nitrogens with zero attached hydrogens (tertiary/aromatic N) is 1. The van der Waals surface area contributed by atoms with Crippen molar-refractivity contribution in [2.24, 2.45) is 0 Å². The van der Waals surface area contributed by atoms with Crippen molar-refractivity contribution in [1.82, 2.24) is 4.98 Å². The normalized spacial score (nSPS) is 13.0. The molecule has 0 aliphatic heterocycles. The number of hydrogen-bond donors (Lipinski definition) is 0. The van der Waals surface area contributed by atoms with E-state index < -0.39 is 0 Å². The third-order valence-electron chi connectivity index (χ3n) is 3.11. The average molecular weight is 336 g/mol. The van der Waals surface area contributed by atoms with Gasteiger partial charge in [0.25, 0.3) is 0 Å². The smallest absolute Gasteiger partial charge is 0.105 e. The van der Waals surface area contributed by atoms with Gasteiger partial charge >= 0.3 is 0 Å². The van der Waals surface area contributed by atoms with Crippen LogP contribution in [0.1, 0.15) is 26.9 Å². The van der Waals surface area contributed by atoms with Crippen LogP contribution in [0.3, 0.4) is 0 Å². The Hall–Kier alpha value is -1.13. The zero-order valence-corrected chi connectivity index (χ0v) is 13.2. The minimum atomic E-state index is 0.255. The van der Waals surface area contributed by atoms with Gasteiger partial charge in [0.2, 0.25) is 0 Å². The standard InChI is InChI=1S/C15H14BrNOS/c1-9-7-11(10(2)18-9)12(16)8-15-17-13-5-3-4-6-14(13)19-15/h3-7,12H,8H2,1-2H3. The number of thiazole rings is 1. The molecule has 19 heavy (non-hydrogen) atoms. The topological polar surface area (TPSA) is 26.0 Å². The van der Waals surface area contributed by atoms with Crippen molar-refractivity contribution in [1.29, 1.82) is 0 Å². The lowest BCUT2D eigenvalue weighted by Crippen LogP contribution is -1.94. The lowest BCUT2D eigenvalue weighted by atomic mass is 10.1. The van der Waals surface area contributed by atoms with E-state index in [1.807, 2.05) is 19.9 Å². The Balaban J connectivity index is 1.86. The molecule has 0 fully saturated rings. The highest BCUT2D eigenvalue weighted by molar-refractivity contribution is 9.09. The number of benzene rings is 1. The van der Waals surface area contributed by atoms with Gasteiger partial charge < -0.3 is 4.42 Å². The lowest BCUT2D eigenvalue weighted by Gasteiger charge is -2.05. The molecule has 0 amide bonds. The second kappa shape index (κ2) is 5.10. The molecule has 0 saturated heterocycles. The highest BCUT2D eigenvalue weighted by Crippen LogP contribution is 2.33. The van der Waals surface area contributed by atoms with Crippen molar-refractivity contribution in [3.63, 3.8) is 0 Å². The number of aromatic nitrogens is 1. The van der Waals surface area contributed by atoms with Crippen LogP contribution in [0.15, 0.2) is 34.7 Å². The molecule has 1 unspecified atom stereocenters. The fraction of sp³-hybridized carbons (Fsp3) is 0.267. The van der Waals surface area contributed by atoms with Crippen molar-refractivity contribution >= 4 is 37.5 Å². The Morgan fingerprint density at radius 2 is 2.11 bits per heavy atom. The van der Waals surface area contributed by atoms with E-state index in [1.54, 1.807) is 11.3 Å². The Kier molecular flexibility index (Phi) is 3.46. The van der Waals surface area contributed by atoms with Gasteiger partial charge in [-0.2, -0.15) is 0 Å². The second-order valence-electron chi connectivity index (χ2n) is 4.62. The first-order chi connectivity index (χ1) is 9.13. The molecular weight excluding hydrogens is 322 g/mol. The Morgan fingerprint density at radius 1 is 1.32 bits per heavy atom. The first-order valence-electron chi connectivity index (χ1n) is 6.19. The van der Waals surface area contributed by atoms with Crippen molar-refractivity contribution in [2.75, 3.05) is 0 Å². The number of aryl methyl sites for hydroxylation is 2. The number of para-hydroxylation sites is 1. The average Bonchev–Trinajstić information content (AvgIpc) is 2.91. The minimum absolute atomic E-state index is 0.255. The lowest BCUT2D eigenvalue weighted by molar-refractivity contribution is 0.501. The highest BCUT2D eigenvalue weighted by Gasteiger charge is 2.16. The van der Waals surface area contributed by atoms with E-state index in [2.05, 4.69) is 45.2 Å². The van der Waals surface area contributed by atoms with Gasteiger partial charge in [-0.3, -0.25) is 0 Å². The summed E-state index contributed by atoms with van der Waals surface area (Å²) >= 11 is 5.51. The third kappa shape index (κ3) is 2.60. The van der Waals surface area contributed by atoms with Gasteiger partial charge in [-0.05, 0) is 32.0 Å². The second-order valence-corrected chi connectivity index (χ2v) is 6.84. The van der Waals surface area contributed by atoms with Crippen molar-refractivity contribution in [3.8, 4) is 0 Å². The number of fused-ring (bicyclic) bond motifs is 1. The predicted octanol–water partition coefficient (Wildman–Crippen LogP) is 5.18. The molecule has 4 heteroatoms. The summed E-state index contributed by atoms with van der Waals surface area (Å²) in [5.74, 6) is 1.95. The monoisotopic (exact) mass is 335 g/mol. The molecule has 3 aromatic rings. The van der Waals surface area contributed by atoms with Crippen molar-refractivity contribution in [2.45, 2.75) is 25.1 Å². The summed E-state index contributed by atoms with van der Waals surface area (Å²) in [6.07, 6.45) is 0.888. The molecule has 0 spiro atoms. The van der Waals surface area contributed by atoms with Crippen LogP contribution in [0, 0.1) is 13.8 Å². The van der Waals surface area contributed by atoms with E-state index in [4.69, 9.17) is 4.42 Å². The molecule has 2 aromatic heterocycles. The summed E-state index contributed by atoms with van der Waals surface area (Å²) in [6.45, 7) is 3.99. The molecule has 2 heterocycles. The Bertz CT molecular complexity index is 683. The molecule has 1 atom stereocenters. The molecule has 3 rings (SSSR count). The van der Waals surface area contributed by atoms with Gasteiger partial charge in [0.05, 0.1) is 15.2 Å². The quantitative estimate of drug-likeness (QED) is 0.616. The zero-order valence-electron chi connectivity index (χ0n) is 10.8. The SMILES string of the molecule is Cc1cc(C(Br)Cc2nc3ccccc3s2)c(C)o1. The van der Waals surface area contributed by atoms with E-state index in [9.17, 15) is 0 Å². The predicted molar refractivity (Wildman–Crippen MR) is 83.2 cm³/mol. The Labute approximate surface area is 124 Å². The molecule has 0 saturated carbocycles. The van der Waals surface area contributed by atoms with Gasteiger partial charge in [0.1, 0.15) is 11.5 Å². The summed E-state index contributed by atoms with van der Waals surface area (Å²) in [5.41, 5.74) is 2.30. The number of alkyl halides is 1. The van der Waals surface area contributed by atoms with E-state index in [0.29, 0.717) is 0 Å². The number of halogens is 1. The number of furan rings is 1. The van der Waals surface area contributed by atoms with E-state index in [1.165, 1.54) is 10.3 Å². The van der Waals surface area contributed by atoms with Gasteiger partial charge in [-0.25, -0.2) is 4.98 Å². The molecule has 0 N–H and O–H groups in total. The summed E-state index contributed by atoms with van der Waals surface area (Å²) in [4.78, 5) is 4.93. The summed E-state index contributed by atoms with van der Waals surface area (Å²) in [5, 5.41) is 1.15. The van der Waals surface area contributed by atoms with Crippen molar-refractivity contribution in [3.05, 3.63) is 52.4 Å². The first-order valence-corrected chi connectivity index (χ1v) is 7.92. The highest BCUT2D eigenvalue weighted by atomic mass is 79.9. The fourth-order valence-electron chi connectivity index (χ4n) is 2.23. The molecule has 98 valence electrons. The van der Waals surface area contributed by atoms with Gasteiger partial charge in [0, 0.05) is 16.8 Å². The van der Waals surface area contributed by atoms with Gasteiger partial charge in [-0.1, -0.05) is 28.1 Å². The van der Waals surface area contributed by atoms with Gasteiger partial charge in [0.15, 0.2) is 0 Å². The number of hydrogen-bond acceptors (Lipinski definition) is 3. The van der Waals surface area contributed by atoms with Gasteiger partial charge in [-0.15, -0.1) is 11.3 Å². The summed E-state index contributed by atoms with van der Waals surface area (Å²) < 4.78 is 6.83. The first kappa shape index (κ1) is 12.9. The van der Waals surface area contributed by atoms with Crippen LogP contribution in [0.4, 0.5) is 0 Å². The summed E-state index contributed by atoms with van der Waals surface area (Å²) in [6, 6.07) is 10.4. The van der Waals surface area contributed by atoms with E-state index in [0.717, 1.165) is 28.5 Å². The van der Waals surface area contributed by atoms with Crippen LogP contribution in [-0.2, 0) is 6.42 Å². The largest absolute Gasteiger partial charge is 0.466 e. The maximum Gasteiger partial charge on any atom is 0.105 e. The van der Waals surface area contributed by atoms with E-state index >= 15 is 0 Å². The maximum atomic E-state index is 5.59. The van der Waals surface area contributed by atoms with Crippen LogP contribution in [-0.4, -0.2) is 4.98 Å². The van der Waals surface area contributed by atoms with Crippen LogP contribution in [0.2, 0.25) is 0 Å². The van der Waals surface area contributed by atoms with Crippen molar-refractivity contribution < 1.29 is 4.42 Å². The van der Waals surface area contributed by atoms with Crippen LogP contribution in [0.25, 0.3) is 10.2 Å². The minimum Gasteiger partial charge on any atom is -0.466 e. The molecule has 0 radical (unpaired) electrons. The third-order valence-corrected chi connectivity index (χ3v) is 4.98. The maximum absolute atomic E-state index is 5.59. The molecule has 0 aliphatic carbocycles. The fourth-order valence-corrected chi connectivity index (χ4v) is 4.22. The molecule has 0 bridgehead atoms. The zero-order chi connectivity index (χ0) is 13.4. The summed E-state index contributed by atoms with van der Waals surface area (Å²) in [7, 11) is 0. The molecular formula is C15H14BrNOS. The van der Waals surface area contributed by atoms with Crippen LogP contribution in [0.5, 0.6) is 0 Å². The van der Waals surface area contributed by atoms with Crippen LogP contribution < -0.4 is 0 Å². The van der Waals surface area contributed by atoms with E-state index in [-0.39, 0.29) is 4.83 Å². The Morgan fingerprint density at radius 3 is 2.79 bits per heavy atom. The number of rotatable bonds is 3. The molecule has 2 nitrogen and oxygen atoms in total. The molecule has 0 aliphatic rings. The molecule has 1 aromatic carbocycles.